The number of fused-ring (bicyclic) bond motifs is 1. The smallest absolute Gasteiger partial charge is 0.408 e. The number of ether oxygens (including phenoxy) is 1. The first-order valence-electron chi connectivity index (χ1n) is 11.2. The van der Waals surface area contributed by atoms with Crippen LogP contribution in [0.3, 0.4) is 0 Å². The molecule has 0 atom stereocenters. The number of hydrogen-bond donors (Lipinski definition) is 3. The van der Waals surface area contributed by atoms with E-state index >= 15 is 0 Å². The Hall–Kier alpha value is -4.21. The van der Waals surface area contributed by atoms with Gasteiger partial charge < -0.3 is 30.3 Å². The predicted molar refractivity (Wildman–Crippen MR) is 125 cm³/mol. The van der Waals surface area contributed by atoms with Crippen LogP contribution in [0.2, 0.25) is 0 Å². The van der Waals surface area contributed by atoms with Gasteiger partial charge >= 0.3 is 18.3 Å². The number of morpholine rings is 1. The van der Waals surface area contributed by atoms with Crippen molar-refractivity contribution in [2.24, 2.45) is 0 Å². The van der Waals surface area contributed by atoms with Crippen LogP contribution in [-0.2, 0) is 11.3 Å². The largest absolute Gasteiger partial charge is 0.465 e. The van der Waals surface area contributed by atoms with Crippen molar-refractivity contribution in [3.8, 4) is 11.4 Å². The Bertz CT molecular complexity index is 1260. The first kappa shape index (κ1) is 25.9. The van der Waals surface area contributed by atoms with Crippen molar-refractivity contribution in [2.75, 3.05) is 56.7 Å². The summed E-state index contributed by atoms with van der Waals surface area (Å²) in [5.41, 5.74) is 1.06. The van der Waals surface area contributed by atoms with Crippen LogP contribution in [0, 0.1) is 0 Å². The Morgan fingerprint density at radius 2 is 1.86 bits per heavy atom. The van der Waals surface area contributed by atoms with Crippen LogP contribution in [-0.4, -0.2) is 99.7 Å². The second-order valence-electron chi connectivity index (χ2n) is 8.17. The van der Waals surface area contributed by atoms with E-state index in [1.54, 1.807) is 24.3 Å². The molecule has 1 saturated heterocycles. The van der Waals surface area contributed by atoms with Crippen LogP contribution in [0.5, 0.6) is 0 Å². The molecule has 13 nitrogen and oxygen atoms in total. The van der Waals surface area contributed by atoms with E-state index in [9.17, 15) is 22.8 Å². The zero-order valence-corrected chi connectivity index (χ0v) is 19.7. The fourth-order valence-corrected chi connectivity index (χ4v) is 3.55. The molecule has 16 heteroatoms. The van der Waals surface area contributed by atoms with E-state index in [1.165, 1.54) is 7.05 Å². The lowest BCUT2D eigenvalue weighted by molar-refractivity contribution is -0.142. The molecule has 2 aromatic heterocycles. The van der Waals surface area contributed by atoms with E-state index in [0.29, 0.717) is 48.1 Å². The van der Waals surface area contributed by atoms with Crippen LogP contribution in [0.4, 0.5) is 34.3 Å². The number of halogens is 3. The number of aromatic nitrogens is 5. The Balaban J connectivity index is 1.55. The second kappa shape index (κ2) is 10.8. The molecule has 198 valence electrons. The van der Waals surface area contributed by atoms with Crippen molar-refractivity contribution < 1.29 is 32.6 Å². The maximum Gasteiger partial charge on any atom is 0.408 e. The zero-order chi connectivity index (χ0) is 26.6. The molecule has 0 radical (unpaired) electrons. The number of alkyl halides is 3. The van der Waals surface area contributed by atoms with Gasteiger partial charge in [0.1, 0.15) is 6.54 Å². The van der Waals surface area contributed by atoms with E-state index in [0.717, 1.165) is 4.90 Å². The number of nitrogens with one attached hydrogen (secondary N) is 2. The third-order valence-corrected chi connectivity index (χ3v) is 5.44. The highest BCUT2D eigenvalue weighted by Gasteiger charge is 2.31. The summed E-state index contributed by atoms with van der Waals surface area (Å²) in [5, 5.41) is 21.6. The van der Waals surface area contributed by atoms with Gasteiger partial charge in [-0.2, -0.15) is 13.2 Å². The lowest BCUT2D eigenvalue weighted by Gasteiger charge is -2.28. The van der Waals surface area contributed by atoms with Gasteiger partial charge in [0.25, 0.3) is 0 Å². The van der Waals surface area contributed by atoms with Crippen LogP contribution >= 0.6 is 0 Å². The van der Waals surface area contributed by atoms with E-state index in [-0.39, 0.29) is 30.1 Å². The first-order chi connectivity index (χ1) is 17.6. The predicted octanol–water partition coefficient (Wildman–Crippen LogP) is 2.02. The molecule has 37 heavy (non-hydrogen) atoms. The summed E-state index contributed by atoms with van der Waals surface area (Å²) in [5.74, 6) is 0.539. The third kappa shape index (κ3) is 6.52. The van der Waals surface area contributed by atoms with Crippen molar-refractivity contribution in [1.29, 1.82) is 0 Å². The number of likely N-dealkylation sites (N-methyl/N-ethyl adjacent to an activating group) is 1. The fraction of sp³-hybridized carbons (Fsp3) is 0.429. The minimum Gasteiger partial charge on any atom is -0.465 e. The maximum absolute atomic E-state index is 13.1. The minimum absolute atomic E-state index is 0.0447. The summed E-state index contributed by atoms with van der Waals surface area (Å²) in [7, 11) is 1.39. The first-order valence-corrected chi connectivity index (χ1v) is 11.2. The summed E-state index contributed by atoms with van der Waals surface area (Å²) in [6.07, 6.45) is -5.62. The Morgan fingerprint density at radius 3 is 2.51 bits per heavy atom. The number of amides is 3. The van der Waals surface area contributed by atoms with E-state index in [2.05, 4.69) is 30.9 Å². The van der Waals surface area contributed by atoms with E-state index < -0.39 is 24.8 Å². The number of rotatable bonds is 7. The van der Waals surface area contributed by atoms with Crippen molar-refractivity contribution in [3.63, 3.8) is 0 Å². The van der Waals surface area contributed by atoms with Gasteiger partial charge in [0.15, 0.2) is 22.8 Å². The van der Waals surface area contributed by atoms with E-state index in [1.807, 2.05) is 4.90 Å². The molecule has 3 heterocycles. The number of anilines is 2. The highest BCUT2D eigenvalue weighted by atomic mass is 19.4. The summed E-state index contributed by atoms with van der Waals surface area (Å²) >= 11 is 0. The molecule has 1 aliphatic rings. The Morgan fingerprint density at radius 1 is 1.16 bits per heavy atom. The Kier molecular flexibility index (Phi) is 7.56. The normalized spacial score (nSPS) is 14.0. The van der Waals surface area contributed by atoms with E-state index in [4.69, 9.17) is 9.84 Å². The number of carbonyl (C=O) groups is 2. The molecule has 3 N–H and O–H groups in total. The van der Waals surface area contributed by atoms with Crippen molar-refractivity contribution in [2.45, 2.75) is 12.7 Å². The highest BCUT2D eigenvalue weighted by molar-refractivity contribution is 5.90. The number of benzene rings is 1. The zero-order valence-electron chi connectivity index (χ0n) is 19.7. The Labute approximate surface area is 208 Å². The number of urea groups is 1. The quantitative estimate of drug-likeness (QED) is 0.423. The van der Waals surface area contributed by atoms with Gasteiger partial charge in [0.2, 0.25) is 0 Å². The molecule has 0 saturated carbocycles. The second-order valence-corrected chi connectivity index (χ2v) is 8.17. The van der Waals surface area contributed by atoms with Gasteiger partial charge in [-0.15, -0.1) is 5.10 Å². The molecule has 3 aromatic rings. The molecule has 3 amide bonds. The fourth-order valence-electron chi connectivity index (χ4n) is 3.55. The van der Waals surface area contributed by atoms with Gasteiger partial charge in [-0.1, -0.05) is 5.21 Å². The molecule has 4 rings (SSSR count). The lowest BCUT2D eigenvalue weighted by Crippen LogP contribution is -2.37. The number of carboxylic acid groups (broad SMARTS) is 1. The van der Waals surface area contributed by atoms with Crippen molar-refractivity contribution in [1.82, 2.24) is 35.2 Å². The van der Waals surface area contributed by atoms with Gasteiger partial charge in [0.05, 0.1) is 13.2 Å². The summed E-state index contributed by atoms with van der Waals surface area (Å²) in [6.45, 7) is 0.731. The van der Waals surface area contributed by atoms with Gasteiger partial charge in [0, 0.05) is 44.5 Å². The number of nitrogens with zero attached hydrogens (tertiary/aromatic N) is 7. The molecular weight excluding hydrogens is 499 g/mol. The third-order valence-electron chi connectivity index (χ3n) is 5.44. The average Bonchev–Trinajstić information content (AvgIpc) is 3.25. The molecule has 1 aromatic carbocycles. The lowest BCUT2D eigenvalue weighted by atomic mass is 10.2. The van der Waals surface area contributed by atoms with Crippen molar-refractivity contribution >= 4 is 34.8 Å². The van der Waals surface area contributed by atoms with Crippen LogP contribution in [0.1, 0.15) is 0 Å². The van der Waals surface area contributed by atoms with Crippen molar-refractivity contribution in [3.05, 3.63) is 24.3 Å². The molecule has 0 spiro atoms. The molecule has 0 unspecified atom stereocenters. The molecule has 0 bridgehead atoms. The maximum atomic E-state index is 13.1. The van der Waals surface area contributed by atoms with Gasteiger partial charge in [-0.3, -0.25) is 0 Å². The van der Waals surface area contributed by atoms with Crippen LogP contribution in [0.25, 0.3) is 22.6 Å². The molecule has 1 aliphatic heterocycles. The highest BCUT2D eigenvalue weighted by Crippen LogP contribution is 2.29. The van der Waals surface area contributed by atoms with Gasteiger partial charge in [-0.05, 0) is 24.3 Å². The number of carbonyl (C=O) groups excluding carboxylic acids is 1. The van der Waals surface area contributed by atoms with Crippen LogP contribution < -0.4 is 15.5 Å². The summed E-state index contributed by atoms with van der Waals surface area (Å²) < 4.78 is 45.4. The SMILES string of the molecule is CN(CCNC(=O)Nc1ccc(-c2nc(N3CCOCC3)c3nnn(CC(F)(F)F)c3n2)cc1)C(=O)O. The monoisotopic (exact) mass is 523 g/mol. The summed E-state index contributed by atoms with van der Waals surface area (Å²) in [6, 6.07) is 5.89. The molecular formula is C21H24F3N9O4. The van der Waals surface area contributed by atoms with Gasteiger partial charge in [-0.25, -0.2) is 24.2 Å². The average molecular weight is 523 g/mol. The minimum atomic E-state index is -4.51. The number of hydrogen-bond acceptors (Lipinski definition) is 8. The molecule has 0 aliphatic carbocycles. The summed E-state index contributed by atoms with van der Waals surface area (Å²) in [4.78, 5) is 34.7. The topological polar surface area (TPSA) is 151 Å². The molecule has 1 fully saturated rings. The standard InChI is InChI=1S/C21H24F3N9O4/c1-31(20(35)36)7-6-25-19(34)26-14-4-2-13(3-5-14)16-27-17(32-8-10-37-11-9-32)15-18(28-16)33(30-29-15)12-21(22,23)24/h2-5H,6-12H2,1H3,(H,35,36)(H2,25,26,34). The van der Waals surface area contributed by atoms with Crippen LogP contribution in [0.15, 0.2) is 24.3 Å².